The normalized spacial score (nSPS) is 11.1. The van der Waals surface area contributed by atoms with Gasteiger partial charge in [0.1, 0.15) is 37.1 Å². The van der Waals surface area contributed by atoms with E-state index in [0.29, 0.717) is 17.9 Å². The third-order valence-corrected chi connectivity index (χ3v) is 7.95. The van der Waals surface area contributed by atoms with Crippen molar-refractivity contribution in [1.29, 1.82) is 0 Å². The molecular formula is C42H33F3N2O5. The van der Waals surface area contributed by atoms with E-state index < -0.39 is 17.3 Å². The molecule has 0 saturated heterocycles. The van der Waals surface area contributed by atoms with Crippen LogP contribution < -0.4 is 14.2 Å². The van der Waals surface area contributed by atoms with Crippen molar-refractivity contribution in [2.75, 3.05) is 0 Å². The number of pyridine rings is 2. The van der Waals surface area contributed by atoms with Crippen molar-refractivity contribution in [3.05, 3.63) is 173 Å². The number of alkyl halides is 3. The number of benzene rings is 5. The van der Waals surface area contributed by atoms with Gasteiger partial charge in [-0.25, -0.2) is 9.97 Å². The molecule has 7 rings (SSSR count). The predicted octanol–water partition coefficient (Wildman–Crippen LogP) is 9.53. The maximum absolute atomic E-state index is 13.1. The second-order valence-corrected chi connectivity index (χ2v) is 11.6. The molecule has 0 aliphatic heterocycles. The van der Waals surface area contributed by atoms with E-state index in [0.717, 1.165) is 50.6 Å². The highest BCUT2D eigenvalue weighted by atomic mass is 19.4. The molecule has 7 nitrogen and oxygen atoms in total. The fourth-order valence-electron chi connectivity index (χ4n) is 5.35. The Morgan fingerprint density at radius 3 is 1.67 bits per heavy atom. The number of ether oxygens (including phenoxy) is 3. The van der Waals surface area contributed by atoms with Crippen LogP contribution in [0.25, 0.3) is 21.8 Å². The summed E-state index contributed by atoms with van der Waals surface area (Å²) in [5.41, 5.74) is 3.49. The molecule has 262 valence electrons. The minimum Gasteiger partial charge on any atom is -0.488 e. The first-order chi connectivity index (χ1) is 25.3. The third-order valence-electron chi connectivity index (χ3n) is 7.95. The monoisotopic (exact) mass is 702 g/mol. The number of aliphatic hydroxyl groups is 1. The molecule has 0 unspecified atom stereocenters. The van der Waals surface area contributed by atoms with Gasteiger partial charge in [0.15, 0.2) is 6.29 Å². The summed E-state index contributed by atoms with van der Waals surface area (Å²) in [6, 6.07) is 41.5. The summed E-state index contributed by atoms with van der Waals surface area (Å²) in [4.78, 5) is 20.4. The average Bonchev–Trinajstić information content (AvgIpc) is 3.18. The second-order valence-electron chi connectivity index (χ2n) is 11.6. The number of aldehydes is 1. The van der Waals surface area contributed by atoms with E-state index in [1.807, 2.05) is 97.1 Å². The van der Waals surface area contributed by atoms with Gasteiger partial charge in [-0.05, 0) is 71.8 Å². The van der Waals surface area contributed by atoms with E-state index in [4.69, 9.17) is 19.3 Å². The molecular weight excluding hydrogens is 669 g/mol. The lowest BCUT2D eigenvalue weighted by molar-refractivity contribution is -0.138. The summed E-state index contributed by atoms with van der Waals surface area (Å²) in [5, 5.41) is 11.3. The molecule has 1 N–H and O–H groups in total. The highest BCUT2D eigenvalue weighted by Gasteiger charge is 2.34. The summed E-state index contributed by atoms with van der Waals surface area (Å²) in [7, 11) is 0. The van der Waals surface area contributed by atoms with Crippen LogP contribution in [0.3, 0.4) is 0 Å². The number of hydrogen-bond donors (Lipinski definition) is 1. The van der Waals surface area contributed by atoms with Gasteiger partial charge in [-0.1, -0.05) is 78.9 Å². The molecule has 0 spiro atoms. The fraction of sp³-hybridized carbons (Fsp3) is 0.119. The predicted molar refractivity (Wildman–Crippen MR) is 192 cm³/mol. The van der Waals surface area contributed by atoms with Crippen molar-refractivity contribution in [3.8, 4) is 17.2 Å². The molecule has 5 aromatic carbocycles. The second kappa shape index (κ2) is 16.6. The molecule has 52 heavy (non-hydrogen) atoms. The number of aromatic nitrogens is 2. The lowest BCUT2D eigenvalue weighted by Crippen LogP contribution is -2.10. The van der Waals surface area contributed by atoms with Crippen molar-refractivity contribution in [3.63, 3.8) is 0 Å². The first kappa shape index (κ1) is 35.6. The molecule has 0 aliphatic carbocycles. The van der Waals surface area contributed by atoms with E-state index in [2.05, 4.69) is 9.97 Å². The van der Waals surface area contributed by atoms with Gasteiger partial charge in [0.25, 0.3) is 0 Å². The summed E-state index contributed by atoms with van der Waals surface area (Å²) in [6.07, 6.45) is -4.48. The van der Waals surface area contributed by atoms with Crippen molar-refractivity contribution >= 4 is 28.1 Å². The third kappa shape index (κ3) is 9.29. The SMILES string of the molecule is O=Cc1c(OCc2cccc(OCc3ccc4ccccc4n3)c2)cccc1C(F)(F)F.OCc1cccc(OCc2ccc3ccccc3n2)c1. The standard InChI is InChI=1S/C25H18F3NO3.C17H15NO2/c26-25(27,28)22-8-4-10-24(21(22)14-30)32-15-17-5-3-7-20(13-17)31-16-19-12-11-18-6-1-2-9-23(18)29-19;19-11-13-4-3-6-16(10-13)20-12-15-9-8-14-5-1-2-7-17(14)18-15/h1-14H,15-16H2;1-10,19H,11-12H2. The molecule has 7 aromatic rings. The van der Waals surface area contributed by atoms with Crippen LogP contribution in [0, 0.1) is 0 Å². The van der Waals surface area contributed by atoms with Crippen LogP contribution >= 0.6 is 0 Å². The van der Waals surface area contributed by atoms with Crippen LogP contribution in [0.4, 0.5) is 13.2 Å². The Hall–Kier alpha value is -6.26. The summed E-state index contributed by atoms with van der Waals surface area (Å²) < 4.78 is 56.4. The fourth-order valence-corrected chi connectivity index (χ4v) is 5.35. The summed E-state index contributed by atoms with van der Waals surface area (Å²) in [5.74, 6) is 1.19. The quantitative estimate of drug-likeness (QED) is 0.134. The van der Waals surface area contributed by atoms with E-state index in [9.17, 15) is 18.0 Å². The maximum atomic E-state index is 13.1. The number of carbonyl (C=O) groups is 1. The van der Waals surface area contributed by atoms with Gasteiger partial charge in [-0.2, -0.15) is 13.2 Å². The maximum Gasteiger partial charge on any atom is 0.417 e. The number of halogens is 3. The largest absolute Gasteiger partial charge is 0.488 e. The summed E-state index contributed by atoms with van der Waals surface area (Å²) in [6.45, 7) is 0.677. The average molecular weight is 703 g/mol. The van der Waals surface area contributed by atoms with Gasteiger partial charge in [-0.3, -0.25) is 4.79 Å². The molecule has 10 heteroatoms. The van der Waals surface area contributed by atoms with Gasteiger partial charge in [-0.15, -0.1) is 0 Å². The number of hydrogen-bond acceptors (Lipinski definition) is 7. The zero-order chi connectivity index (χ0) is 36.3. The van der Waals surface area contributed by atoms with E-state index in [1.165, 1.54) is 12.1 Å². The Bertz CT molecular complexity index is 2290. The topological polar surface area (TPSA) is 90.8 Å². The van der Waals surface area contributed by atoms with Gasteiger partial charge in [0.05, 0.1) is 40.2 Å². The van der Waals surface area contributed by atoms with Crippen LogP contribution in [0.5, 0.6) is 17.2 Å². The number of rotatable bonds is 11. The lowest BCUT2D eigenvalue weighted by Gasteiger charge is -2.14. The minimum absolute atomic E-state index is 0.0193. The molecule has 0 saturated carbocycles. The molecule has 0 amide bonds. The van der Waals surface area contributed by atoms with Crippen molar-refractivity contribution in [1.82, 2.24) is 9.97 Å². The Balaban J connectivity index is 0.000000198. The van der Waals surface area contributed by atoms with Crippen LogP contribution in [0.2, 0.25) is 0 Å². The Kier molecular flexibility index (Phi) is 11.4. The number of fused-ring (bicyclic) bond motifs is 2. The lowest BCUT2D eigenvalue weighted by atomic mass is 10.1. The van der Waals surface area contributed by atoms with Gasteiger partial charge >= 0.3 is 6.18 Å². The van der Waals surface area contributed by atoms with E-state index in [1.54, 1.807) is 24.3 Å². The molecule has 0 aliphatic rings. The smallest absolute Gasteiger partial charge is 0.417 e. The first-order valence-electron chi connectivity index (χ1n) is 16.3. The molecule has 0 fully saturated rings. The number of nitrogens with zero attached hydrogens (tertiary/aromatic N) is 2. The molecule has 2 heterocycles. The zero-order valence-electron chi connectivity index (χ0n) is 27.8. The van der Waals surface area contributed by atoms with Gasteiger partial charge < -0.3 is 19.3 Å². The first-order valence-corrected chi connectivity index (χ1v) is 16.3. The van der Waals surface area contributed by atoms with Crippen molar-refractivity contribution < 1.29 is 37.3 Å². The van der Waals surface area contributed by atoms with Crippen LogP contribution in [0.1, 0.15) is 38.4 Å². The Morgan fingerprint density at radius 1 is 0.577 bits per heavy atom. The van der Waals surface area contributed by atoms with Crippen molar-refractivity contribution in [2.45, 2.75) is 32.6 Å². The van der Waals surface area contributed by atoms with Crippen LogP contribution in [-0.4, -0.2) is 21.4 Å². The van der Waals surface area contributed by atoms with Crippen LogP contribution in [-0.2, 0) is 32.6 Å². The number of carbonyl (C=O) groups excluding carboxylic acids is 1. The van der Waals surface area contributed by atoms with E-state index >= 15 is 0 Å². The van der Waals surface area contributed by atoms with Crippen LogP contribution in [0.15, 0.2) is 140 Å². The molecule has 0 bridgehead atoms. The Morgan fingerprint density at radius 2 is 1.12 bits per heavy atom. The Labute approximate surface area is 297 Å². The number of para-hydroxylation sites is 2. The summed E-state index contributed by atoms with van der Waals surface area (Å²) >= 11 is 0. The zero-order valence-corrected chi connectivity index (χ0v) is 27.8. The minimum atomic E-state index is -4.64. The van der Waals surface area contributed by atoms with E-state index in [-0.39, 0.29) is 31.9 Å². The molecule has 0 atom stereocenters. The van der Waals surface area contributed by atoms with Gasteiger partial charge in [0, 0.05) is 10.8 Å². The highest BCUT2D eigenvalue weighted by molar-refractivity contribution is 5.82. The highest BCUT2D eigenvalue weighted by Crippen LogP contribution is 2.35. The number of aliphatic hydroxyl groups excluding tert-OH is 1. The van der Waals surface area contributed by atoms with Gasteiger partial charge in [0.2, 0.25) is 0 Å². The van der Waals surface area contributed by atoms with Crippen molar-refractivity contribution in [2.24, 2.45) is 0 Å². The molecule has 0 radical (unpaired) electrons. The molecule has 2 aromatic heterocycles.